The van der Waals surface area contributed by atoms with Crippen molar-refractivity contribution in [3.63, 3.8) is 0 Å². The summed E-state index contributed by atoms with van der Waals surface area (Å²) in [5.74, 6) is -0.726. The minimum atomic E-state index is -0.297. The number of nitrogens with one attached hydrogen (secondary N) is 3. The van der Waals surface area contributed by atoms with E-state index in [0.717, 1.165) is 12.0 Å². The second kappa shape index (κ2) is 10.1. The average molecular weight is 367 g/mol. The van der Waals surface area contributed by atoms with Crippen LogP contribution in [0.1, 0.15) is 46.5 Å². The first-order valence-electron chi connectivity index (χ1n) is 8.99. The number of hydrogen-bond donors (Lipinski definition) is 3. The van der Waals surface area contributed by atoms with Gasteiger partial charge in [-0.1, -0.05) is 37.3 Å². The number of carbonyl (C=O) groups excluding carboxylic acids is 3. The highest BCUT2D eigenvalue weighted by Gasteiger charge is 2.10. The number of carbonyl (C=O) groups is 3. The summed E-state index contributed by atoms with van der Waals surface area (Å²) < 4.78 is 0. The summed E-state index contributed by atoms with van der Waals surface area (Å²) >= 11 is 0. The fourth-order valence-corrected chi connectivity index (χ4v) is 2.35. The van der Waals surface area contributed by atoms with Gasteiger partial charge in [0.2, 0.25) is 5.91 Å². The molecular formula is C21H25N3O3. The first-order valence-corrected chi connectivity index (χ1v) is 8.99. The Hall–Kier alpha value is -3.15. The molecule has 27 heavy (non-hydrogen) atoms. The van der Waals surface area contributed by atoms with Crippen LogP contribution in [0, 0.1) is 0 Å². The molecule has 0 bridgehead atoms. The van der Waals surface area contributed by atoms with Crippen molar-refractivity contribution < 1.29 is 14.4 Å². The van der Waals surface area contributed by atoms with Gasteiger partial charge in [0.05, 0.1) is 6.54 Å². The highest BCUT2D eigenvalue weighted by atomic mass is 16.2. The van der Waals surface area contributed by atoms with E-state index in [1.807, 2.05) is 26.0 Å². The third kappa shape index (κ3) is 6.58. The van der Waals surface area contributed by atoms with Crippen molar-refractivity contribution in [3.05, 3.63) is 71.3 Å². The molecule has 1 atom stereocenters. The standard InChI is InChI=1S/C21H25N3O3/c1-3-15(2)24-21(27)18-11-7-8-16(12-18)13-22-19(25)14-23-20(26)17-9-5-4-6-10-17/h4-12,15H,3,13-14H2,1-2H3,(H,22,25)(H,23,26)(H,24,27). The average Bonchev–Trinajstić information content (AvgIpc) is 2.71. The molecule has 2 aromatic rings. The van der Waals surface area contributed by atoms with E-state index in [1.165, 1.54) is 0 Å². The van der Waals surface area contributed by atoms with Crippen LogP contribution in [0.25, 0.3) is 0 Å². The molecule has 2 aromatic carbocycles. The maximum absolute atomic E-state index is 12.2. The van der Waals surface area contributed by atoms with Gasteiger partial charge in [-0.2, -0.15) is 0 Å². The molecule has 6 nitrogen and oxygen atoms in total. The zero-order valence-electron chi connectivity index (χ0n) is 15.6. The number of amides is 3. The molecule has 0 aliphatic heterocycles. The normalized spacial score (nSPS) is 11.3. The van der Waals surface area contributed by atoms with Gasteiger partial charge in [0.15, 0.2) is 0 Å². The van der Waals surface area contributed by atoms with Crippen molar-refractivity contribution in [3.8, 4) is 0 Å². The topological polar surface area (TPSA) is 87.3 Å². The summed E-state index contributed by atoms with van der Waals surface area (Å²) in [6.07, 6.45) is 0.857. The van der Waals surface area contributed by atoms with Crippen LogP contribution < -0.4 is 16.0 Å². The Morgan fingerprint density at radius 2 is 1.59 bits per heavy atom. The van der Waals surface area contributed by atoms with Gasteiger partial charge >= 0.3 is 0 Å². The predicted octanol–water partition coefficient (Wildman–Crippen LogP) is 2.26. The van der Waals surface area contributed by atoms with E-state index in [-0.39, 0.29) is 36.9 Å². The Morgan fingerprint density at radius 3 is 2.30 bits per heavy atom. The molecule has 2 rings (SSSR count). The minimum absolute atomic E-state index is 0.106. The number of benzene rings is 2. The Morgan fingerprint density at radius 1 is 0.889 bits per heavy atom. The Balaban J connectivity index is 1.82. The van der Waals surface area contributed by atoms with E-state index < -0.39 is 0 Å². The van der Waals surface area contributed by atoms with Gasteiger partial charge in [0.25, 0.3) is 11.8 Å². The SMILES string of the molecule is CCC(C)NC(=O)c1cccc(CNC(=O)CNC(=O)c2ccccc2)c1. The van der Waals surface area contributed by atoms with Crippen LogP contribution in [0.5, 0.6) is 0 Å². The Bertz CT molecular complexity index is 790. The van der Waals surface area contributed by atoms with E-state index >= 15 is 0 Å². The molecule has 0 spiro atoms. The summed E-state index contributed by atoms with van der Waals surface area (Å²) in [6, 6.07) is 15.9. The molecule has 0 heterocycles. The summed E-state index contributed by atoms with van der Waals surface area (Å²) in [6.45, 7) is 4.13. The molecule has 0 aromatic heterocycles. The Kier molecular flexibility index (Phi) is 7.55. The summed E-state index contributed by atoms with van der Waals surface area (Å²) in [5, 5.41) is 8.23. The van der Waals surface area contributed by atoms with Crippen LogP contribution in [-0.2, 0) is 11.3 Å². The molecule has 0 aliphatic carbocycles. The van der Waals surface area contributed by atoms with Crippen molar-refractivity contribution in [2.45, 2.75) is 32.9 Å². The molecule has 142 valence electrons. The van der Waals surface area contributed by atoms with Gasteiger partial charge in [0.1, 0.15) is 0 Å². The molecule has 0 fully saturated rings. The zero-order chi connectivity index (χ0) is 19.6. The monoisotopic (exact) mass is 367 g/mol. The first-order chi connectivity index (χ1) is 13.0. The van der Waals surface area contributed by atoms with Crippen LogP contribution in [0.2, 0.25) is 0 Å². The van der Waals surface area contributed by atoms with Crippen LogP contribution in [-0.4, -0.2) is 30.3 Å². The highest BCUT2D eigenvalue weighted by molar-refractivity contribution is 5.96. The molecule has 6 heteroatoms. The van der Waals surface area contributed by atoms with E-state index in [9.17, 15) is 14.4 Å². The predicted molar refractivity (Wildman–Crippen MR) is 104 cm³/mol. The van der Waals surface area contributed by atoms with Gasteiger partial charge in [-0.05, 0) is 43.2 Å². The first kappa shape index (κ1) is 20.2. The van der Waals surface area contributed by atoms with E-state index in [4.69, 9.17) is 0 Å². The van der Waals surface area contributed by atoms with Gasteiger partial charge in [-0.15, -0.1) is 0 Å². The summed E-state index contributed by atoms with van der Waals surface area (Å²) in [4.78, 5) is 36.0. The van der Waals surface area contributed by atoms with E-state index in [0.29, 0.717) is 11.1 Å². The number of hydrogen-bond acceptors (Lipinski definition) is 3. The van der Waals surface area contributed by atoms with E-state index in [1.54, 1.807) is 42.5 Å². The molecule has 3 amide bonds. The van der Waals surface area contributed by atoms with Gasteiger partial charge in [-0.3, -0.25) is 14.4 Å². The van der Waals surface area contributed by atoms with Gasteiger partial charge in [-0.25, -0.2) is 0 Å². The summed E-state index contributed by atoms with van der Waals surface area (Å²) in [5.41, 5.74) is 1.87. The fourth-order valence-electron chi connectivity index (χ4n) is 2.35. The molecule has 0 saturated carbocycles. The fraction of sp³-hybridized carbons (Fsp3) is 0.286. The smallest absolute Gasteiger partial charge is 0.251 e. The molecule has 3 N–H and O–H groups in total. The van der Waals surface area contributed by atoms with E-state index in [2.05, 4.69) is 16.0 Å². The second-order valence-corrected chi connectivity index (χ2v) is 6.31. The van der Waals surface area contributed by atoms with Crippen molar-refractivity contribution in [2.75, 3.05) is 6.54 Å². The van der Waals surface area contributed by atoms with Crippen molar-refractivity contribution >= 4 is 17.7 Å². The van der Waals surface area contributed by atoms with Crippen LogP contribution >= 0.6 is 0 Å². The zero-order valence-corrected chi connectivity index (χ0v) is 15.6. The molecule has 0 saturated heterocycles. The lowest BCUT2D eigenvalue weighted by Gasteiger charge is -2.12. The third-order valence-corrected chi connectivity index (χ3v) is 4.11. The molecular weight excluding hydrogens is 342 g/mol. The minimum Gasteiger partial charge on any atom is -0.350 e. The highest BCUT2D eigenvalue weighted by Crippen LogP contribution is 2.06. The third-order valence-electron chi connectivity index (χ3n) is 4.11. The second-order valence-electron chi connectivity index (χ2n) is 6.31. The van der Waals surface area contributed by atoms with Crippen molar-refractivity contribution in [2.24, 2.45) is 0 Å². The van der Waals surface area contributed by atoms with Crippen LogP contribution in [0.4, 0.5) is 0 Å². The molecule has 0 radical (unpaired) electrons. The lowest BCUT2D eigenvalue weighted by Crippen LogP contribution is -2.36. The van der Waals surface area contributed by atoms with Crippen molar-refractivity contribution in [1.29, 1.82) is 0 Å². The summed E-state index contributed by atoms with van der Waals surface area (Å²) in [7, 11) is 0. The maximum Gasteiger partial charge on any atom is 0.251 e. The number of rotatable bonds is 8. The molecule has 1 unspecified atom stereocenters. The van der Waals surface area contributed by atoms with Gasteiger partial charge < -0.3 is 16.0 Å². The lowest BCUT2D eigenvalue weighted by atomic mass is 10.1. The van der Waals surface area contributed by atoms with Crippen LogP contribution in [0.15, 0.2) is 54.6 Å². The van der Waals surface area contributed by atoms with Crippen molar-refractivity contribution in [1.82, 2.24) is 16.0 Å². The maximum atomic E-state index is 12.2. The lowest BCUT2D eigenvalue weighted by molar-refractivity contribution is -0.120. The van der Waals surface area contributed by atoms with Gasteiger partial charge in [0, 0.05) is 23.7 Å². The molecule has 0 aliphatic rings. The Labute approximate surface area is 159 Å². The largest absolute Gasteiger partial charge is 0.350 e. The van der Waals surface area contributed by atoms with Crippen LogP contribution in [0.3, 0.4) is 0 Å². The quantitative estimate of drug-likeness (QED) is 0.669.